The number of nitrogens with zero attached hydrogens (tertiary/aromatic N) is 3. The van der Waals surface area contributed by atoms with Gasteiger partial charge in [0.1, 0.15) is 5.82 Å². The summed E-state index contributed by atoms with van der Waals surface area (Å²) in [6.07, 6.45) is 1.80. The number of benzene rings is 1. The molecule has 0 aliphatic carbocycles. The molecule has 0 atom stereocenters. The highest BCUT2D eigenvalue weighted by atomic mass is 19.1. The topological polar surface area (TPSA) is 88.5 Å². The minimum absolute atomic E-state index is 0.112. The Morgan fingerprint density at radius 3 is 2.81 bits per heavy atom. The predicted molar refractivity (Wildman–Crippen MR) is 77.4 cm³/mol. The van der Waals surface area contributed by atoms with Crippen molar-refractivity contribution in [1.82, 2.24) is 15.1 Å². The zero-order valence-electron chi connectivity index (χ0n) is 12.0. The Balaban J connectivity index is 2.03. The third-order valence-electron chi connectivity index (χ3n) is 3.34. The molecule has 0 aliphatic rings. The highest BCUT2D eigenvalue weighted by molar-refractivity contribution is 5.97. The summed E-state index contributed by atoms with van der Waals surface area (Å²) in [6, 6.07) is 4.32. The van der Waals surface area contributed by atoms with E-state index in [1.54, 1.807) is 16.9 Å². The van der Waals surface area contributed by atoms with Gasteiger partial charge in [-0.15, -0.1) is 0 Å². The van der Waals surface area contributed by atoms with Gasteiger partial charge in [0.2, 0.25) is 0 Å². The zero-order valence-corrected chi connectivity index (χ0v) is 12.0. The van der Waals surface area contributed by atoms with Crippen molar-refractivity contribution in [3.05, 3.63) is 52.6 Å². The fraction of sp³-hybridized carbons (Fsp3) is 0.286. The first-order chi connectivity index (χ1) is 10.0. The average Bonchev–Trinajstić information content (AvgIpc) is 2.78. The van der Waals surface area contributed by atoms with Crippen molar-refractivity contribution >= 4 is 5.84 Å². The van der Waals surface area contributed by atoms with E-state index < -0.39 is 5.82 Å². The van der Waals surface area contributed by atoms with Gasteiger partial charge in [-0.1, -0.05) is 5.16 Å². The lowest BCUT2D eigenvalue weighted by atomic mass is 10.1. The summed E-state index contributed by atoms with van der Waals surface area (Å²) in [5.41, 5.74) is 8.72. The van der Waals surface area contributed by atoms with E-state index in [0.29, 0.717) is 18.7 Å². The molecule has 1 aromatic carbocycles. The highest BCUT2D eigenvalue weighted by Gasteiger charge is 2.06. The summed E-state index contributed by atoms with van der Waals surface area (Å²) in [5, 5.41) is 18.9. The number of aryl methyl sites for hydroxylation is 1. The molecule has 2 aromatic rings. The molecule has 7 heteroatoms. The summed E-state index contributed by atoms with van der Waals surface area (Å²) in [7, 11) is 1.88. The number of oxime groups is 1. The molecule has 0 saturated carbocycles. The normalized spacial score (nSPS) is 11.9. The molecule has 0 aliphatic heterocycles. The van der Waals surface area contributed by atoms with Gasteiger partial charge in [-0.2, -0.15) is 5.10 Å². The van der Waals surface area contributed by atoms with Crippen LogP contribution in [-0.2, 0) is 20.1 Å². The molecular weight excluding hydrogens is 273 g/mol. The van der Waals surface area contributed by atoms with Gasteiger partial charge in [-0.3, -0.25) is 4.68 Å². The molecule has 1 heterocycles. The number of hydrogen-bond acceptors (Lipinski definition) is 4. The first-order valence-corrected chi connectivity index (χ1v) is 6.47. The van der Waals surface area contributed by atoms with Gasteiger partial charge < -0.3 is 16.3 Å². The minimum Gasteiger partial charge on any atom is -0.409 e. The molecule has 6 nitrogen and oxygen atoms in total. The Hall–Kier alpha value is -2.41. The molecule has 112 valence electrons. The molecule has 0 bridgehead atoms. The predicted octanol–water partition coefficient (Wildman–Crippen LogP) is 1.25. The van der Waals surface area contributed by atoms with Gasteiger partial charge >= 0.3 is 0 Å². The zero-order chi connectivity index (χ0) is 15.4. The van der Waals surface area contributed by atoms with Crippen LogP contribution in [0.2, 0.25) is 0 Å². The minimum atomic E-state index is -0.423. The van der Waals surface area contributed by atoms with Gasteiger partial charge in [0.15, 0.2) is 5.84 Å². The smallest absolute Gasteiger partial charge is 0.170 e. The van der Waals surface area contributed by atoms with Crippen LogP contribution < -0.4 is 11.1 Å². The number of rotatable bonds is 5. The number of nitrogens with one attached hydrogen (secondary N) is 1. The Kier molecular flexibility index (Phi) is 4.54. The van der Waals surface area contributed by atoms with Crippen LogP contribution in [-0.4, -0.2) is 20.8 Å². The van der Waals surface area contributed by atoms with Crippen molar-refractivity contribution < 1.29 is 9.60 Å². The number of aromatic nitrogens is 2. The fourth-order valence-electron chi connectivity index (χ4n) is 2.02. The molecule has 0 unspecified atom stereocenters. The van der Waals surface area contributed by atoms with E-state index in [0.717, 1.165) is 16.8 Å². The average molecular weight is 291 g/mol. The molecule has 2 rings (SSSR count). The monoisotopic (exact) mass is 291 g/mol. The number of halogens is 1. The maximum absolute atomic E-state index is 13.5. The lowest BCUT2D eigenvalue weighted by Crippen LogP contribution is -2.16. The second-order valence-corrected chi connectivity index (χ2v) is 4.82. The number of amidine groups is 1. The van der Waals surface area contributed by atoms with Crippen LogP contribution in [0.4, 0.5) is 4.39 Å². The Morgan fingerprint density at radius 2 is 2.19 bits per heavy atom. The maximum atomic E-state index is 13.5. The van der Waals surface area contributed by atoms with Crippen molar-refractivity contribution in [2.75, 3.05) is 0 Å². The highest BCUT2D eigenvalue weighted by Crippen LogP contribution is 2.10. The van der Waals surface area contributed by atoms with Crippen LogP contribution in [0.15, 0.2) is 29.6 Å². The van der Waals surface area contributed by atoms with Crippen LogP contribution in [0.3, 0.4) is 0 Å². The van der Waals surface area contributed by atoms with E-state index >= 15 is 0 Å². The largest absolute Gasteiger partial charge is 0.409 e. The van der Waals surface area contributed by atoms with Gasteiger partial charge in [0.25, 0.3) is 0 Å². The van der Waals surface area contributed by atoms with E-state index in [-0.39, 0.29) is 5.84 Å². The summed E-state index contributed by atoms with van der Waals surface area (Å²) in [4.78, 5) is 0. The van der Waals surface area contributed by atoms with Gasteiger partial charge in [-0.25, -0.2) is 4.39 Å². The van der Waals surface area contributed by atoms with E-state index in [1.165, 1.54) is 12.1 Å². The van der Waals surface area contributed by atoms with Crippen LogP contribution >= 0.6 is 0 Å². The molecule has 0 spiro atoms. The standard InChI is InChI=1S/C14H18FN5O/c1-9-12(8-18-20(9)2)7-17-6-10-3-11(14(16)19-21)5-13(15)4-10/h3-5,8,17,21H,6-7H2,1-2H3,(H2,16,19). The number of hydrogen-bond donors (Lipinski definition) is 3. The molecule has 0 amide bonds. The first kappa shape index (κ1) is 15.0. The van der Waals surface area contributed by atoms with Crippen LogP contribution in [0.5, 0.6) is 0 Å². The second-order valence-electron chi connectivity index (χ2n) is 4.82. The quantitative estimate of drug-likeness (QED) is 0.335. The summed E-state index contributed by atoms with van der Waals surface area (Å²) in [5.74, 6) is -0.535. The third-order valence-corrected chi connectivity index (χ3v) is 3.34. The molecule has 0 radical (unpaired) electrons. The van der Waals surface area contributed by atoms with Gasteiger partial charge in [0, 0.05) is 37.0 Å². The van der Waals surface area contributed by atoms with E-state index in [9.17, 15) is 4.39 Å². The molecule has 0 fully saturated rings. The van der Waals surface area contributed by atoms with Crippen LogP contribution in [0.25, 0.3) is 0 Å². The summed E-state index contributed by atoms with van der Waals surface area (Å²) >= 11 is 0. The molecule has 1 aromatic heterocycles. The Labute approximate surface area is 122 Å². The van der Waals surface area contributed by atoms with E-state index in [4.69, 9.17) is 10.9 Å². The van der Waals surface area contributed by atoms with Crippen LogP contribution in [0.1, 0.15) is 22.4 Å². The van der Waals surface area contributed by atoms with E-state index in [2.05, 4.69) is 15.6 Å². The van der Waals surface area contributed by atoms with Crippen molar-refractivity contribution in [2.45, 2.75) is 20.0 Å². The van der Waals surface area contributed by atoms with Crippen molar-refractivity contribution in [3.63, 3.8) is 0 Å². The summed E-state index contributed by atoms with van der Waals surface area (Å²) < 4.78 is 15.3. The third kappa shape index (κ3) is 3.57. The van der Waals surface area contributed by atoms with Gasteiger partial charge in [-0.05, 0) is 30.7 Å². The van der Waals surface area contributed by atoms with Crippen molar-refractivity contribution in [2.24, 2.45) is 17.9 Å². The van der Waals surface area contributed by atoms with Crippen molar-refractivity contribution in [1.29, 1.82) is 0 Å². The first-order valence-electron chi connectivity index (χ1n) is 6.47. The Bertz CT molecular complexity index is 665. The SMILES string of the molecule is Cc1c(CNCc2cc(F)cc(/C(N)=N/O)c2)cnn1C. The lowest BCUT2D eigenvalue weighted by molar-refractivity contribution is 0.318. The van der Waals surface area contributed by atoms with E-state index in [1.807, 2.05) is 14.0 Å². The molecule has 0 saturated heterocycles. The Morgan fingerprint density at radius 1 is 1.43 bits per heavy atom. The molecule has 21 heavy (non-hydrogen) atoms. The second kappa shape index (κ2) is 6.36. The maximum Gasteiger partial charge on any atom is 0.170 e. The molecule has 4 N–H and O–H groups in total. The fourth-order valence-corrected chi connectivity index (χ4v) is 2.02. The van der Waals surface area contributed by atoms with Gasteiger partial charge in [0.05, 0.1) is 6.20 Å². The molecular formula is C14H18FN5O. The lowest BCUT2D eigenvalue weighted by Gasteiger charge is -2.07. The van der Waals surface area contributed by atoms with Crippen LogP contribution in [0, 0.1) is 12.7 Å². The summed E-state index contributed by atoms with van der Waals surface area (Å²) in [6.45, 7) is 3.09. The number of nitrogens with two attached hydrogens (primary N) is 1. The van der Waals surface area contributed by atoms with Crippen molar-refractivity contribution in [3.8, 4) is 0 Å².